The van der Waals surface area contributed by atoms with Gasteiger partial charge in [-0.05, 0) is 30.2 Å². The number of carbonyl (C=O) groups is 2. The number of aryl methyl sites for hydroxylation is 1. The molecule has 6 heteroatoms. The Balaban J connectivity index is 1.66. The van der Waals surface area contributed by atoms with Crippen LogP contribution in [0.25, 0.3) is 0 Å². The Morgan fingerprint density at radius 1 is 0.964 bits per heavy atom. The van der Waals surface area contributed by atoms with E-state index in [0.29, 0.717) is 25.2 Å². The Bertz CT molecular complexity index is 821. The van der Waals surface area contributed by atoms with Crippen molar-refractivity contribution in [3.05, 3.63) is 71.0 Å². The molecule has 0 atom stereocenters. The number of benzene rings is 2. The number of urea groups is 1. The molecule has 5 nitrogen and oxygen atoms in total. The molecule has 3 amide bonds. The SMILES string of the molecule is Cc1cccc(C(C)(C)CNC(=O)NCCNC(=O)Cc2cccc(F)c2)c1. The van der Waals surface area contributed by atoms with Crippen LogP contribution in [0, 0.1) is 12.7 Å². The molecule has 28 heavy (non-hydrogen) atoms. The van der Waals surface area contributed by atoms with Crippen LogP contribution in [0.3, 0.4) is 0 Å². The molecule has 150 valence electrons. The largest absolute Gasteiger partial charge is 0.354 e. The highest BCUT2D eigenvalue weighted by Gasteiger charge is 2.21. The first-order valence-corrected chi connectivity index (χ1v) is 9.36. The van der Waals surface area contributed by atoms with Crippen LogP contribution in [-0.4, -0.2) is 31.6 Å². The monoisotopic (exact) mass is 385 g/mol. The molecule has 0 spiro atoms. The summed E-state index contributed by atoms with van der Waals surface area (Å²) in [4.78, 5) is 23.8. The molecule has 0 bridgehead atoms. The van der Waals surface area contributed by atoms with Gasteiger partial charge < -0.3 is 16.0 Å². The van der Waals surface area contributed by atoms with E-state index in [-0.39, 0.29) is 29.6 Å². The van der Waals surface area contributed by atoms with Gasteiger partial charge in [-0.3, -0.25) is 4.79 Å². The molecule has 2 aromatic rings. The molecule has 0 aliphatic heterocycles. The number of nitrogens with one attached hydrogen (secondary N) is 3. The van der Waals surface area contributed by atoms with E-state index in [9.17, 15) is 14.0 Å². The van der Waals surface area contributed by atoms with E-state index in [0.717, 1.165) is 5.56 Å². The normalized spacial score (nSPS) is 11.0. The van der Waals surface area contributed by atoms with Crippen LogP contribution in [0.4, 0.5) is 9.18 Å². The van der Waals surface area contributed by atoms with Gasteiger partial charge in [-0.2, -0.15) is 0 Å². The lowest BCUT2D eigenvalue weighted by Gasteiger charge is -2.26. The number of carbonyl (C=O) groups excluding carboxylic acids is 2. The zero-order valence-electron chi connectivity index (χ0n) is 16.6. The molecule has 0 saturated heterocycles. The number of hydrogen-bond donors (Lipinski definition) is 3. The summed E-state index contributed by atoms with van der Waals surface area (Å²) in [5, 5.41) is 8.30. The van der Waals surface area contributed by atoms with Gasteiger partial charge in [0.25, 0.3) is 0 Å². The molecule has 0 fully saturated rings. The lowest BCUT2D eigenvalue weighted by molar-refractivity contribution is -0.120. The van der Waals surface area contributed by atoms with Crippen molar-refractivity contribution in [2.75, 3.05) is 19.6 Å². The molecule has 2 rings (SSSR count). The second-order valence-electron chi connectivity index (χ2n) is 7.52. The maximum atomic E-state index is 13.1. The lowest BCUT2D eigenvalue weighted by Crippen LogP contribution is -2.44. The molecule has 0 aliphatic rings. The molecular weight excluding hydrogens is 357 g/mol. The third-order valence-electron chi connectivity index (χ3n) is 4.48. The van der Waals surface area contributed by atoms with Crippen molar-refractivity contribution in [1.29, 1.82) is 0 Å². The van der Waals surface area contributed by atoms with Crippen LogP contribution in [-0.2, 0) is 16.6 Å². The van der Waals surface area contributed by atoms with Gasteiger partial charge in [-0.25, -0.2) is 9.18 Å². The Morgan fingerprint density at radius 3 is 2.39 bits per heavy atom. The van der Waals surface area contributed by atoms with Crippen LogP contribution >= 0.6 is 0 Å². The van der Waals surface area contributed by atoms with Crippen LogP contribution in [0.1, 0.15) is 30.5 Å². The van der Waals surface area contributed by atoms with E-state index >= 15 is 0 Å². The van der Waals surface area contributed by atoms with Crippen LogP contribution in [0.2, 0.25) is 0 Å². The van der Waals surface area contributed by atoms with E-state index in [4.69, 9.17) is 0 Å². The maximum absolute atomic E-state index is 13.1. The predicted octanol–water partition coefficient (Wildman–Crippen LogP) is 3.07. The van der Waals surface area contributed by atoms with Crippen LogP contribution < -0.4 is 16.0 Å². The third kappa shape index (κ3) is 7.02. The molecular formula is C22H28FN3O2. The van der Waals surface area contributed by atoms with Gasteiger partial charge in [0, 0.05) is 25.0 Å². The lowest BCUT2D eigenvalue weighted by atomic mass is 9.84. The number of halogens is 1. The zero-order valence-corrected chi connectivity index (χ0v) is 16.6. The van der Waals surface area contributed by atoms with Gasteiger partial charge in [-0.1, -0.05) is 55.8 Å². The highest BCUT2D eigenvalue weighted by molar-refractivity contribution is 5.78. The Hall–Kier alpha value is -2.89. The summed E-state index contributed by atoms with van der Waals surface area (Å²) >= 11 is 0. The summed E-state index contributed by atoms with van der Waals surface area (Å²) in [6.07, 6.45) is 0.106. The van der Waals surface area contributed by atoms with E-state index in [1.54, 1.807) is 12.1 Å². The van der Waals surface area contributed by atoms with Gasteiger partial charge in [-0.15, -0.1) is 0 Å². The van der Waals surface area contributed by atoms with Gasteiger partial charge in [0.2, 0.25) is 5.91 Å². The molecule has 0 saturated carbocycles. The van der Waals surface area contributed by atoms with Crippen molar-refractivity contribution in [2.45, 2.75) is 32.6 Å². The highest BCUT2D eigenvalue weighted by atomic mass is 19.1. The summed E-state index contributed by atoms with van der Waals surface area (Å²) in [6.45, 7) is 7.31. The fourth-order valence-electron chi connectivity index (χ4n) is 2.80. The number of hydrogen-bond acceptors (Lipinski definition) is 2. The first-order chi connectivity index (χ1) is 13.3. The van der Waals surface area contributed by atoms with Gasteiger partial charge in [0.15, 0.2) is 0 Å². The smallest absolute Gasteiger partial charge is 0.314 e. The third-order valence-corrected chi connectivity index (χ3v) is 4.48. The maximum Gasteiger partial charge on any atom is 0.314 e. The minimum absolute atomic E-state index is 0.106. The van der Waals surface area contributed by atoms with Crippen LogP contribution in [0.15, 0.2) is 48.5 Å². The topological polar surface area (TPSA) is 70.2 Å². The zero-order chi connectivity index (χ0) is 20.6. The Morgan fingerprint density at radius 2 is 1.68 bits per heavy atom. The van der Waals surface area contributed by atoms with E-state index < -0.39 is 0 Å². The summed E-state index contributed by atoms with van der Waals surface area (Å²) in [7, 11) is 0. The van der Waals surface area contributed by atoms with E-state index in [2.05, 4.69) is 41.9 Å². The summed E-state index contributed by atoms with van der Waals surface area (Å²) < 4.78 is 13.1. The summed E-state index contributed by atoms with van der Waals surface area (Å²) in [5.41, 5.74) is 2.77. The van der Waals surface area contributed by atoms with Crippen molar-refractivity contribution >= 4 is 11.9 Å². The van der Waals surface area contributed by atoms with Gasteiger partial charge >= 0.3 is 6.03 Å². The van der Waals surface area contributed by atoms with Crippen molar-refractivity contribution in [2.24, 2.45) is 0 Å². The molecule has 2 aromatic carbocycles. The predicted molar refractivity (Wildman–Crippen MR) is 109 cm³/mol. The average molecular weight is 385 g/mol. The molecule has 0 aromatic heterocycles. The second-order valence-corrected chi connectivity index (χ2v) is 7.52. The van der Waals surface area contributed by atoms with Gasteiger partial charge in [0.05, 0.1) is 6.42 Å². The van der Waals surface area contributed by atoms with E-state index in [1.165, 1.54) is 17.7 Å². The van der Waals surface area contributed by atoms with E-state index in [1.807, 2.05) is 19.1 Å². The number of amides is 3. The highest BCUT2D eigenvalue weighted by Crippen LogP contribution is 2.22. The summed E-state index contributed by atoms with van der Waals surface area (Å²) in [6, 6.07) is 13.9. The standard InChI is InChI=1S/C22H28FN3O2/c1-16-6-4-8-18(12-16)22(2,3)15-26-21(28)25-11-10-24-20(27)14-17-7-5-9-19(23)13-17/h4-9,12-13H,10-11,14-15H2,1-3H3,(H,24,27)(H2,25,26,28). The quantitative estimate of drug-likeness (QED) is 0.611. The Kier molecular flexibility index (Phi) is 7.55. The fourth-order valence-corrected chi connectivity index (χ4v) is 2.80. The van der Waals surface area contributed by atoms with Crippen molar-refractivity contribution in [3.63, 3.8) is 0 Å². The van der Waals surface area contributed by atoms with Crippen LogP contribution in [0.5, 0.6) is 0 Å². The van der Waals surface area contributed by atoms with Gasteiger partial charge in [0.1, 0.15) is 5.82 Å². The fraction of sp³-hybridized carbons (Fsp3) is 0.364. The first kappa shape index (κ1) is 21.4. The van der Waals surface area contributed by atoms with Crippen molar-refractivity contribution in [3.8, 4) is 0 Å². The van der Waals surface area contributed by atoms with Crippen molar-refractivity contribution < 1.29 is 14.0 Å². The second kappa shape index (κ2) is 9.88. The molecule has 3 N–H and O–H groups in total. The first-order valence-electron chi connectivity index (χ1n) is 9.36. The molecule has 0 heterocycles. The van der Waals surface area contributed by atoms with Crippen molar-refractivity contribution in [1.82, 2.24) is 16.0 Å². The minimum atomic E-state index is -0.364. The molecule has 0 aliphatic carbocycles. The minimum Gasteiger partial charge on any atom is -0.354 e. The molecule has 0 unspecified atom stereocenters. The average Bonchev–Trinajstić information content (AvgIpc) is 2.64. The Labute approximate surface area is 165 Å². The number of rotatable bonds is 8. The molecule has 0 radical (unpaired) electrons. The summed E-state index contributed by atoms with van der Waals surface area (Å²) in [5.74, 6) is -0.578.